The molecule has 1 fully saturated rings. The largest absolute Gasteiger partial charge is 0.379 e. The molecule has 0 aromatic heterocycles. The van der Waals surface area contributed by atoms with Gasteiger partial charge in [-0.3, -0.25) is 4.90 Å². The summed E-state index contributed by atoms with van der Waals surface area (Å²) in [6.07, 6.45) is 0. The van der Waals surface area contributed by atoms with Crippen LogP contribution in [0.4, 0.5) is 8.78 Å². The van der Waals surface area contributed by atoms with Gasteiger partial charge in [0.15, 0.2) is 0 Å². The van der Waals surface area contributed by atoms with Crippen molar-refractivity contribution in [3.63, 3.8) is 0 Å². The van der Waals surface area contributed by atoms with Gasteiger partial charge < -0.3 is 10.1 Å². The summed E-state index contributed by atoms with van der Waals surface area (Å²) in [5, 5.41) is 11.8. The van der Waals surface area contributed by atoms with Crippen molar-refractivity contribution in [3.05, 3.63) is 34.9 Å². The minimum Gasteiger partial charge on any atom is -0.379 e. The minimum absolute atomic E-state index is 0.00452. The number of nitrogens with one attached hydrogen (secondary N) is 1. The van der Waals surface area contributed by atoms with Gasteiger partial charge in [-0.2, -0.15) is 5.26 Å². The first kappa shape index (κ1) is 15.8. The first-order valence-electron chi connectivity index (χ1n) is 7.01. The lowest BCUT2D eigenvalue weighted by molar-refractivity contribution is 0.0343. The van der Waals surface area contributed by atoms with Gasteiger partial charge in [0.25, 0.3) is 0 Å². The number of halogens is 2. The molecule has 1 aliphatic heterocycles. The van der Waals surface area contributed by atoms with Crippen LogP contribution in [0.3, 0.4) is 0 Å². The maximum atomic E-state index is 13.7. The van der Waals surface area contributed by atoms with Gasteiger partial charge in [0.2, 0.25) is 0 Å². The van der Waals surface area contributed by atoms with E-state index in [2.05, 4.69) is 10.2 Å². The fraction of sp³-hybridized carbons (Fsp3) is 0.533. The molecular formula is C15H19F2N3O. The molecule has 4 nitrogen and oxygen atoms in total. The van der Waals surface area contributed by atoms with Crippen LogP contribution in [-0.2, 0) is 11.3 Å². The summed E-state index contributed by atoms with van der Waals surface area (Å²) >= 11 is 0. The van der Waals surface area contributed by atoms with Gasteiger partial charge in [0, 0.05) is 37.8 Å². The second-order valence-corrected chi connectivity index (χ2v) is 5.23. The maximum Gasteiger partial charge on any atom is 0.131 e. The van der Waals surface area contributed by atoms with Gasteiger partial charge in [0.05, 0.1) is 24.8 Å². The van der Waals surface area contributed by atoms with E-state index in [1.165, 1.54) is 0 Å². The molecule has 1 saturated heterocycles. The standard InChI is InChI=1S/C15H19F2N3O/c1-11(10-20-2-4-21-5-3-20)19-9-13-14(16)6-12(8-18)7-15(13)17/h6-7,11,19H,2-5,9-10H2,1H3. The third-order valence-corrected chi connectivity index (χ3v) is 3.53. The quantitative estimate of drug-likeness (QED) is 0.897. The highest BCUT2D eigenvalue weighted by atomic mass is 19.1. The number of nitrogens with zero attached hydrogens (tertiary/aromatic N) is 2. The van der Waals surface area contributed by atoms with Crippen molar-refractivity contribution in [2.24, 2.45) is 0 Å². The smallest absolute Gasteiger partial charge is 0.131 e. The van der Waals surface area contributed by atoms with Crippen molar-refractivity contribution < 1.29 is 13.5 Å². The second kappa shape index (κ2) is 7.46. The van der Waals surface area contributed by atoms with Crippen LogP contribution < -0.4 is 5.32 Å². The van der Waals surface area contributed by atoms with Crippen molar-refractivity contribution in [1.82, 2.24) is 10.2 Å². The van der Waals surface area contributed by atoms with Gasteiger partial charge >= 0.3 is 0 Å². The van der Waals surface area contributed by atoms with Gasteiger partial charge in [-0.25, -0.2) is 8.78 Å². The number of nitriles is 1. The number of ether oxygens (including phenoxy) is 1. The Kier molecular flexibility index (Phi) is 5.62. The van der Waals surface area contributed by atoms with Crippen molar-refractivity contribution >= 4 is 0 Å². The van der Waals surface area contributed by atoms with Crippen LogP contribution in [0, 0.1) is 23.0 Å². The molecule has 0 amide bonds. The van der Waals surface area contributed by atoms with Crippen LogP contribution in [-0.4, -0.2) is 43.8 Å². The van der Waals surface area contributed by atoms with E-state index < -0.39 is 11.6 Å². The lowest BCUT2D eigenvalue weighted by Gasteiger charge is -2.29. The predicted molar refractivity (Wildman–Crippen MR) is 74.6 cm³/mol. The molecule has 1 atom stereocenters. The number of hydrogen-bond acceptors (Lipinski definition) is 4. The number of benzene rings is 1. The van der Waals surface area contributed by atoms with E-state index in [1.807, 2.05) is 6.92 Å². The Bertz CT molecular complexity index is 501. The third kappa shape index (κ3) is 4.46. The fourth-order valence-electron chi connectivity index (χ4n) is 2.35. The Morgan fingerprint density at radius 3 is 2.52 bits per heavy atom. The molecule has 2 rings (SSSR count). The predicted octanol–water partition coefficient (Wildman–Crippen LogP) is 1.65. The fourth-order valence-corrected chi connectivity index (χ4v) is 2.35. The molecule has 0 spiro atoms. The molecule has 1 N–H and O–H groups in total. The molecule has 0 bridgehead atoms. The highest BCUT2D eigenvalue weighted by Crippen LogP contribution is 2.15. The van der Waals surface area contributed by atoms with Crippen molar-refractivity contribution in [2.75, 3.05) is 32.8 Å². The zero-order valence-corrected chi connectivity index (χ0v) is 12.0. The zero-order chi connectivity index (χ0) is 15.2. The highest BCUT2D eigenvalue weighted by molar-refractivity contribution is 5.34. The van der Waals surface area contributed by atoms with E-state index in [1.54, 1.807) is 6.07 Å². The summed E-state index contributed by atoms with van der Waals surface area (Å²) < 4.78 is 32.8. The maximum absolute atomic E-state index is 13.7. The molecular weight excluding hydrogens is 276 g/mol. The van der Waals surface area contributed by atoms with E-state index >= 15 is 0 Å². The average Bonchev–Trinajstić information content (AvgIpc) is 2.47. The topological polar surface area (TPSA) is 48.3 Å². The van der Waals surface area contributed by atoms with Crippen molar-refractivity contribution in [1.29, 1.82) is 5.26 Å². The Labute approximate surface area is 123 Å². The van der Waals surface area contributed by atoms with E-state index in [0.717, 1.165) is 45.0 Å². The molecule has 0 saturated carbocycles. The monoisotopic (exact) mass is 295 g/mol. The molecule has 1 aliphatic rings. The van der Waals surface area contributed by atoms with E-state index in [4.69, 9.17) is 10.00 Å². The summed E-state index contributed by atoms with van der Waals surface area (Å²) in [5.74, 6) is -1.37. The summed E-state index contributed by atoms with van der Waals surface area (Å²) in [6, 6.07) is 3.97. The molecule has 1 heterocycles. The third-order valence-electron chi connectivity index (χ3n) is 3.53. The average molecular weight is 295 g/mol. The number of hydrogen-bond donors (Lipinski definition) is 1. The van der Waals surface area contributed by atoms with Gasteiger partial charge in [-0.15, -0.1) is 0 Å². The molecule has 0 radical (unpaired) electrons. The molecule has 1 unspecified atom stereocenters. The number of rotatable bonds is 5. The summed E-state index contributed by atoms with van der Waals surface area (Å²) in [4.78, 5) is 2.26. The molecule has 1 aromatic carbocycles. The Morgan fingerprint density at radius 1 is 1.33 bits per heavy atom. The lowest BCUT2D eigenvalue weighted by atomic mass is 10.1. The first-order chi connectivity index (χ1) is 10.1. The van der Waals surface area contributed by atoms with E-state index in [9.17, 15) is 8.78 Å². The summed E-state index contributed by atoms with van der Waals surface area (Å²) in [7, 11) is 0. The van der Waals surface area contributed by atoms with E-state index in [0.29, 0.717) is 0 Å². The van der Waals surface area contributed by atoms with Gasteiger partial charge in [-0.05, 0) is 19.1 Å². The minimum atomic E-state index is -0.683. The second-order valence-electron chi connectivity index (χ2n) is 5.23. The highest BCUT2D eigenvalue weighted by Gasteiger charge is 2.15. The zero-order valence-electron chi connectivity index (χ0n) is 12.0. The molecule has 6 heteroatoms. The van der Waals surface area contributed by atoms with Crippen LogP contribution in [0.15, 0.2) is 12.1 Å². The van der Waals surface area contributed by atoms with Crippen molar-refractivity contribution in [3.8, 4) is 6.07 Å². The van der Waals surface area contributed by atoms with E-state index in [-0.39, 0.29) is 23.7 Å². The summed E-state index contributed by atoms with van der Waals surface area (Å²) in [6.45, 7) is 6.11. The lowest BCUT2D eigenvalue weighted by Crippen LogP contribution is -2.44. The number of morpholine rings is 1. The SMILES string of the molecule is CC(CN1CCOCC1)NCc1c(F)cc(C#N)cc1F. The van der Waals surface area contributed by atoms with Crippen LogP contribution in [0.25, 0.3) is 0 Å². The van der Waals surface area contributed by atoms with Crippen LogP contribution in [0.1, 0.15) is 18.1 Å². The molecule has 1 aromatic rings. The first-order valence-corrected chi connectivity index (χ1v) is 7.01. The Balaban J connectivity index is 1.89. The van der Waals surface area contributed by atoms with Crippen LogP contribution in [0.2, 0.25) is 0 Å². The summed E-state index contributed by atoms with van der Waals surface area (Å²) in [5.41, 5.74) is -0.0297. The Morgan fingerprint density at radius 2 is 1.95 bits per heavy atom. The van der Waals surface area contributed by atoms with Crippen LogP contribution >= 0.6 is 0 Å². The van der Waals surface area contributed by atoms with Crippen LogP contribution in [0.5, 0.6) is 0 Å². The van der Waals surface area contributed by atoms with Crippen molar-refractivity contribution in [2.45, 2.75) is 19.5 Å². The van der Waals surface area contributed by atoms with Gasteiger partial charge in [-0.1, -0.05) is 0 Å². The Hall–Kier alpha value is -1.55. The molecule has 0 aliphatic carbocycles. The normalized spacial score (nSPS) is 17.4. The molecule has 21 heavy (non-hydrogen) atoms. The molecule has 114 valence electrons. The van der Waals surface area contributed by atoms with Gasteiger partial charge in [0.1, 0.15) is 11.6 Å².